The van der Waals surface area contributed by atoms with Crippen molar-refractivity contribution in [3.05, 3.63) is 47.0 Å². The minimum Gasteiger partial charge on any atom is -0.361 e. The number of hydrogen-bond acceptors (Lipinski definition) is 4. The number of thiocarbonyl (C=S) groups is 1. The summed E-state index contributed by atoms with van der Waals surface area (Å²) in [4.78, 5) is 39.0. The van der Waals surface area contributed by atoms with E-state index in [1.165, 1.54) is 18.4 Å². The van der Waals surface area contributed by atoms with Crippen LogP contribution in [0.25, 0.3) is 0 Å². The molecule has 1 aromatic carbocycles. The third kappa shape index (κ3) is 4.09. The van der Waals surface area contributed by atoms with Gasteiger partial charge in [-0.25, -0.2) is 0 Å². The van der Waals surface area contributed by atoms with Crippen LogP contribution in [0.3, 0.4) is 0 Å². The van der Waals surface area contributed by atoms with Crippen molar-refractivity contribution in [2.45, 2.75) is 38.5 Å². The smallest absolute Gasteiger partial charge is 0.262 e. The van der Waals surface area contributed by atoms with Gasteiger partial charge >= 0.3 is 0 Å². The average molecular weight is 427 g/mol. The summed E-state index contributed by atoms with van der Waals surface area (Å²) in [6, 6.07) is 6.65. The summed E-state index contributed by atoms with van der Waals surface area (Å²) in [5.74, 6) is -1.14. The van der Waals surface area contributed by atoms with E-state index >= 15 is 0 Å². The number of nitrogens with one attached hydrogen (secondary N) is 1. The maximum atomic E-state index is 12.9. The van der Waals surface area contributed by atoms with Gasteiger partial charge in [0.05, 0.1) is 11.1 Å². The molecule has 0 aromatic heterocycles. The lowest BCUT2D eigenvalue weighted by Crippen LogP contribution is -2.52. The molecule has 0 unspecified atom stereocenters. The Morgan fingerprint density at radius 1 is 1.00 bits per heavy atom. The Balaban J connectivity index is 1.33. The lowest BCUT2D eigenvalue weighted by atomic mass is 9.97. The Bertz CT molecular complexity index is 878. The predicted octanol–water partition coefficient (Wildman–Crippen LogP) is 2.50. The van der Waals surface area contributed by atoms with E-state index in [1.807, 2.05) is 0 Å². The molecule has 2 heterocycles. The van der Waals surface area contributed by atoms with Gasteiger partial charge in [0.15, 0.2) is 5.11 Å². The van der Waals surface area contributed by atoms with Crippen molar-refractivity contribution < 1.29 is 14.4 Å². The van der Waals surface area contributed by atoms with Crippen molar-refractivity contribution in [2.24, 2.45) is 0 Å². The molecule has 2 aliphatic heterocycles. The quantitative estimate of drug-likeness (QED) is 0.443. The Kier molecular flexibility index (Phi) is 6.13. The molecule has 0 radical (unpaired) electrons. The number of carbonyl (C=O) groups is 3. The maximum Gasteiger partial charge on any atom is 0.262 e. The van der Waals surface area contributed by atoms with Crippen molar-refractivity contribution in [2.75, 3.05) is 26.2 Å². The van der Waals surface area contributed by atoms with Crippen molar-refractivity contribution in [3.63, 3.8) is 0 Å². The summed E-state index contributed by atoms with van der Waals surface area (Å²) in [5, 5.41) is 7.08. The van der Waals surface area contributed by atoms with E-state index in [1.54, 1.807) is 34.3 Å². The fourth-order valence-electron chi connectivity index (χ4n) is 4.23. The number of benzene rings is 1. The topological polar surface area (TPSA) is 73.0 Å². The molecule has 30 heavy (non-hydrogen) atoms. The largest absolute Gasteiger partial charge is 0.361 e. The van der Waals surface area contributed by atoms with Crippen molar-refractivity contribution in [3.8, 4) is 0 Å². The molecule has 3 aliphatic rings. The number of nitrogens with zero attached hydrogens (tertiary/aromatic N) is 3. The van der Waals surface area contributed by atoms with E-state index in [2.05, 4.69) is 11.4 Å². The molecule has 0 bridgehead atoms. The molecule has 1 aromatic rings. The molecule has 158 valence electrons. The molecule has 7 nitrogen and oxygen atoms in total. The fraction of sp³-hybridized carbons (Fsp3) is 0.455. The Hall–Kier alpha value is -2.74. The molecule has 1 fully saturated rings. The fourth-order valence-corrected chi connectivity index (χ4v) is 4.53. The van der Waals surface area contributed by atoms with Gasteiger partial charge in [0.1, 0.15) is 6.54 Å². The first-order chi connectivity index (χ1) is 14.6. The highest BCUT2D eigenvalue weighted by Crippen LogP contribution is 2.23. The first kappa shape index (κ1) is 20.5. The van der Waals surface area contributed by atoms with E-state index in [0.29, 0.717) is 29.3 Å². The molecule has 4 rings (SSSR count). The molecule has 1 N–H and O–H groups in total. The predicted molar refractivity (Wildman–Crippen MR) is 117 cm³/mol. The molecule has 8 heteroatoms. The zero-order chi connectivity index (χ0) is 21.1. The third-order valence-electron chi connectivity index (χ3n) is 5.83. The molecular formula is C22H26N4O3S. The normalized spacial score (nSPS) is 18.5. The molecule has 0 spiro atoms. The van der Waals surface area contributed by atoms with Crippen LogP contribution in [-0.4, -0.2) is 63.9 Å². The second kappa shape index (κ2) is 8.95. The number of allylic oxidation sites excluding steroid dienone is 1. The lowest BCUT2D eigenvalue weighted by Gasteiger charge is -2.31. The number of imide groups is 1. The standard InChI is InChI=1S/C22H26N4O3S/c27-19(15-24-20(28)17-9-4-5-10-18(17)21(24)29)25-13-6-14-26(25)22(30)23-12-11-16-7-2-1-3-8-16/h4-5,7,9-10H,1-3,6,8,11-15H2,(H,23,30). The van der Waals surface area contributed by atoms with Gasteiger partial charge in [-0.3, -0.25) is 29.3 Å². The van der Waals surface area contributed by atoms with Gasteiger partial charge in [-0.1, -0.05) is 23.8 Å². The Morgan fingerprint density at radius 3 is 2.37 bits per heavy atom. The number of hydrogen-bond donors (Lipinski definition) is 1. The highest BCUT2D eigenvalue weighted by molar-refractivity contribution is 7.80. The van der Waals surface area contributed by atoms with Crippen LogP contribution in [0, 0.1) is 0 Å². The summed E-state index contributed by atoms with van der Waals surface area (Å²) in [5.41, 5.74) is 2.17. The van der Waals surface area contributed by atoms with E-state index < -0.39 is 11.8 Å². The number of fused-ring (bicyclic) bond motifs is 1. The molecule has 1 aliphatic carbocycles. The van der Waals surface area contributed by atoms with Crippen LogP contribution in [0.5, 0.6) is 0 Å². The Morgan fingerprint density at radius 2 is 1.70 bits per heavy atom. The minimum atomic E-state index is -0.420. The van der Waals surface area contributed by atoms with Gasteiger partial charge in [-0.2, -0.15) is 0 Å². The number of rotatable bonds is 5. The van der Waals surface area contributed by atoms with E-state index in [0.717, 1.165) is 37.1 Å². The summed E-state index contributed by atoms with van der Waals surface area (Å²) in [6.07, 6.45) is 8.91. The van der Waals surface area contributed by atoms with Crippen molar-refractivity contribution in [1.29, 1.82) is 0 Å². The van der Waals surface area contributed by atoms with Crippen molar-refractivity contribution >= 4 is 35.1 Å². The number of carbonyl (C=O) groups excluding carboxylic acids is 3. The van der Waals surface area contributed by atoms with E-state index in [-0.39, 0.29) is 12.5 Å². The molecule has 0 saturated carbocycles. The third-order valence-corrected chi connectivity index (χ3v) is 6.19. The van der Waals surface area contributed by atoms with Crippen LogP contribution in [0.1, 0.15) is 59.2 Å². The first-order valence-corrected chi connectivity index (χ1v) is 11.0. The van der Waals surface area contributed by atoms with Gasteiger partial charge < -0.3 is 5.32 Å². The van der Waals surface area contributed by atoms with Crippen molar-refractivity contribution in [1.82, 2.24) is 20.2 Å². The summed E-state index contributed by atoms with van der Waals surface area (Å²) < 4.78 is 0. The van der Waals surface area contributed by atoms with Crippen LogP contribution in [0.4, 0.5) is 0 Å². The van der Waals surface area contributed by atoms with E-state index in [9.17, 15) is 14.4 Å². The van der Waals surface area contributed by atoms with Crippen LogP contribution in [0.2, 0.25) is 0 Å². The lowest BCUT2D eigenvalue weighted by molar-refractivity contribution is -0.139. The Labute approximate surface area is 181 Å². The van der Waals surface area contributed by atoms with Gasteiger partial charge in [-0.15, -0.1) is 0 Å². The zero-order valence-electron chi connectivity index (χ0n) is 16.9. The second-order valence-electron chi connectivity index (χ2n) is 7.83. The average Bonchev–Trinajstić information content (AvgIpc) is 3.35. The highest BCUT2D eigenvalue weighted by atomic mass is 32.1. The van der Waals surface area contributed by atoms with Crippen LogP contribution >= 0.6 is 12.2 Å². The molecule has 0 atom stereocenters. The number of hydrazine groups is 1. The van der Waals surface area contributed by atoms with Gasteiger partial charge in [0.25, 0.3) is 17.7 Å². The molecule has 3 amide bonds. The molecular weight excluding hydrogens is 400 g/mol. The summed E-state index contributed by atoms with van der Waals surface area (Å²) in [6.45, 7) is 1.62. The maximum absolute atomic E-state index is 12.9. The summed E-state index contributed by atoms with van der Waals surface area (Å²) >= 11 is 5.52. The van der Waals surface area contributed by atoms with E-state index in [4.69, 9.17) is 12.2 Å². The van der Waals surface area contributed by atoms with Gasteiger partial charge in [0.2, 0.25) is 0 Å². The van der Waals surface area contributed by atoms with Crippen LogP contribution < -0.4 is 5.32 Å². The van der Waals surface area contributed by atoms with Crippen LogP contribution in [0.15, 0.2) is 35.9 Å². The minimum absolute atomic E-state index is 0.279. The second-order valence-corrected chi connectivity index (χ2v) is 8.21. The monoisotopic (exact) mass is 426 g/mol. The number of amides is 3. The SMILES string of the molecule is O=C1c2ccccc2C(=O)N1CC(=O)N1CCCN1C(=S)NCCC1=CCCCC1. The highest BCUT2D eigenvalue weighted by Gasteiger charge is 2.38. The first-order valence-electron chi connectivity index (χ1n) is 10.5. The molecule has 1 saturated heterocycles. The zero-order valence-corrected chi connectivity index (χ0v) is 17.7. The summed E-state index contributed by atoms with van der Waals surface area (Å²) in [7, 11) is 0. The van der Waals surface area contributed by atoms with Gasteiger partial charge in [0, 0.05) is 19.6 Å². The van der Waals surface area contributed by atoms with Gasteiger partial charge in [-0.05, 0) is 62.9 Å². The van der Waals surface area contributed by atoms with Crippen LogP contribution in [-0.2, 0) is 4.79 Å².